The van der Waals surface area contributed by atoms with Crippen LogP contribution in [0.3, 0.4) is 0 Å². The molecule has 0 atom stereocenters. The van der Waals surface area contributed by atoms with Crippen LogP contribution in [0.4, 0.5) is 5.69 Å². The fraction of sp³-hybridized carbons (Fsp3) is 0. The van der Waals surface area contributed by atoms with Crippen LogP contribution >= 0.6 is 78.6 Å². The molecule has 0 aliphatic rings. The van der Waals surface area contributed by atoms with Crippen molar-refractivity contribution in [3.8, 4) is 21.9 Å². The Balaban J connectivity index is 1.29. The first-order valence-corrected chi connectivity index (χ1v) is 14.5. The number of thiazole rings is 1. The zero-order valence-corrected chi connectivity index (χ0v) is 25.4. The molecule has 0 spiro atoms. The average molecular weight is 708 g/mol. The minimum Gasteiger partial charge on any atom is -0.457 e. The first-order chi connectivity index (χ1) is 18.2. The summed E-state index contributed by atoms with van der Waals surface area (Å²) in [5.74, 6) is 0.647. The minimum atomic E-state index is -0.416. The number of anilines is 1. The fourth-order valence-corrected chi connectivity index (χ4v) is 6.65. The van der Waals surface area contributed by atoms with Crippen molar-refractivity contribution >= 4 is 112 Å². The lowest BCUT2D eigenvalue weighted by Gasteiger charge is -2.14. The molecular weight excluding hydrogens is 693 g/mol. The Bertz CT molecular complexity index is 1680. The van der Waals surface area contributed by atoms with Gasteiger partial charge in [-0.25, -0.2) is 4.98 Å². The summed E-state index contributed by atoms with van der Waals surface area (Å²) < 4.78 is 8.51. The molecule has 0 bridgehead atoms. The number of para-hydroxylation sites is 1. The first kappa shape index (κ1) is 27.1. The standard InChI is InChI=1S/C27H15Br2Cl2N3O2S2/c28-15-11-19(26-32-21-3-1-2-4-23(21)38-26)25(20(29)12-15)34-27(37)33-24(35)8-6-18-5-7-22(36-18)14-9-16(30)13-17(31)10-14/h1-13H,(H2,33,34,35,37)/b8-6+. The molecule has 5 nitrogen and oxygen atoms in total. The lowest BCUT2D eigenvalue weighted by molar-refractivity contribution is -0.115. The number of fused-ring (bicyclic) bond motifs is 1. The Morgan fingerprint density at radius 3 is 2.55 bits per heavy atom. The smallest absolute Gasteiger partial charge is 0.250 e. The summed E-state index contributed by atoms with van der Waals surface area (Å²) in [7, 11) is 0. The van der Waals surface area contributed by atoms with Gasteiger partial charge in [0.25, 0.3) is 0 Å². The summed E-state index contributed by atoms with van der Waals surface area (Å²) in [5.41, 5.74) is 3.18. The number of furan rings is 1. The summed E-state index contributed by atoms with van der Waals surface area (Å²) in [6, 6.07) is 20.4. The molecule has 0 fully saturated rings. The van der Waals surface area contributed by atoms with Crippen molar-refractivity contribution in [2.45, 2.75) is 0 Å². The van der Waals surface area contributed by atoms with E-state index in [0.29, 0.717) is 27.3 Å². The highest BCUT2D eigenvalue weighted by Gasteiger charge is 2.16. The Morgan fingerprint density at radius 2 is 1.79 bits per heavy atom. The van der Waals surface area contributed by atoms with Gasteiger partial charge in [-0.3, -0.25) is 10.1 Å². The molecule has 0 unspecified atom stereocenters. The van der Waals surface area contributed by atoms with Gasteiger partial charge in [0, 0.05) is 36.2 Å². The largest absolute Gasteiger partial charge is 0.457 e. The first-order valence-electron chi connectivity index (χ1n) is 11.0. The summed E-state index contributed by atoms with van der Waals surface area (Å²) in [4.78, 5) is 17.3. The third-order valence-electron chi connectivity index (χ3n) is 5.23. The van der Waals surface area contributed by atoms with Crippen molar-refractivity contribution in [1.29, 1.82) is 0 Å². The SMILES string of the molecule is O=C(/C=C/c1ccc(-c2cc(Cl)cc(Cl)c2)o1)NC(=S)Nc1c(Br)cc(Br)cc1-c1nc2ccccc2s1. The molecule has 5 aromatic rings. The van der Waals surface area contributed by atoms with Crippen LogP contribution in [0, 0.1) is 0 Å². The molecule has 0 aliphatic carbocycles. The number of halogens is 4. The topological polar surface area (TPSA) is 67.2 Å². The lowest BCUT2D eigenvalue weighted by atomic mass is 10.2. The van der Waals surface area contributed by atoms with Gasteiger partial charge in [0.05, 0.1) is 15.9 Å². The van der Waals surface area contributed by atoms with Crippen molar-refractivity contribution < 1.29 is 9.21 Å². The number of amides is 1. The average Bonchev–Trinajstić information content (AvgIpc) is 3.51. The summed E-state index contributed by atoms with van der Waals surface area (Å²) in [6.45, 7) is 0. The van der Waals surface area contributed by atoms with E-state index < -0.39 is 5.91 Å². The normalized spacial score (nSPS) is 11.3. The van der Waals surface area contributed by atoms with Crippen molar-refractivity contribution in [1.82, 2.24) is 10.3 Å². The maximum Gasteiger partial charge on any atom is 0.250 e. The van der Waals surface area contributed by atoms with Crippen LogP contribution in [0.5, 0.6) is 0 Å². The summed E-state index contributed by atoms with van der Waals surface area (Å²) in [6.07, 6.45) is 2.89. The van der Waals surface area contributed by atoms with Crippen molar-refractivity contribution in [2.24, 2.45) is 0 Å². The van der Waals surface area contributed by atoms with Gasteiger partial charge in [-0.2, -0.15) is 0 Å². The number of hydrogen-bond acceptors (Lipinski definition) is 5. The minimum absolute atomic E-state index is 0.138. The highest BCUT2D eigenvalue weighted by atomic mass is 79.9. The van der Waals surface area contributed by atoms with Gasteiger partial charge in [0.2, 0.25) is 5.91 Å². The molecule has 0 saturated heterocycles. The molecule has 5 rings (SSSR count). The number of nitrogens with zero attached hydrogens (tertiary/aromatic N) is 1. The number of nitrogens with one attached hydrogen (secondary N) is 2. The van der Waals surface area contributed by atoms with Gasteiger partial charge in [-0.05, 0) is 88.8 Å². The quantitative estimate of drug-likeness (QED) is 0.141. The highest BCUT2D eigenvalue weighted by Crippen LogP contribution is 2.40. The van der Waals surface area contributed by atoms with Crippen LogP contribution in [0.15, 0.2) is 86.2 Å². The van der Waals surface area contributed by atoms with E-state index in [-0.39, 0.29) is 5.11 Å². The Labute approximate surface area is 254 Å². The molecule has 1 amide bonds. The molecule has 0 aliphatic heterocycles. The van der Waals surface area contributed by atoms with Crippen molar-refractivity contribution in [3.05, 3.63) is 97.6 Å². The van der Waals surface area contributed by atoms with Gasteiger partial charge in [-0.1, -0.05) is 51.3 Å². The second kappa shape index (κ2) is 11.7. The summed E-state index contributed by atoms with van der Waals surface area (Å²) in [5, 5.41) is 7.76. The van der Waals surface area contributed by atoms with Crippen molar-refractivity contribution in [3.63, 3.8) is 0 Å². The number of benzene rings is 3. The van der Waals surface area contributed by atoms with Crippen LogP contribution in [0.1, 0.15) is 5.76 Å². The summed E-state index contributed by atoms with van der Waals surface area (Å²) >= 11 is 26.3. The van der Waals surface area contributed by atoms with E-state index in [0.717, 1.165) is 35.3 Å². The molecule has 11 heteroatoms. The molecule has 190 valence electrons. The molecule has 2 N–H and O–H groups in total. The van der Waals surface area contributed by atoms with Gasteiger partial charge < -0.3 is 9.73 Å². The fourth-order valence-electron chi connectivity index (χ4n) is 3.61. The Hall–Kier alpha value is -2.53. The second-order valence-corrected chi connectivity index (χ2v) is 12.0. The number of aromatic nitrogens is 1. The van der Waals surface area contributed by atoms with E-state index in [2.05, 4.69) is 42.5 Å². The maximum atomic E-state index is 12.6. The molecule has 3 aromatic carbocycles. The van der Waals surface area contributed by atoms with Gasteiger partial charge in [0.1, 0.15) is 16.5 Å². The molecule has 0 radical (unpaired) electrons. The highest BCUT2D eigenvalue weighted by molar-refractivity contribution is 9.11. The Kier molecular flexibility index (Phi) is 8.32. The van der Waals surface area contributed by atoms with E-state index in [1.807, 2.05) is 36.4 Å². The number of rotatable bonds is 5. The number of hydrogen-bond donors (Lipinski definition) is 2. The zero-order chi connectivity index (χ0) is 26.8. The van der Waals surface area contributed by atoms with E-state index in [4.69, 9.17) is 44.8 Å². The van der Waals surface area contributed by atoms with Crippen LogP contribution in [0.2, 0.25) is 10.0 Å². The molecule has 2 heterocycles. The van der Waals surface area contributed by atoms with Crippen LogP contribution < -0.4 is 10.6 Å². The molecular formula is C27H15Br2Cl2N3O2S2. The maximum absolute atomic E-state index is 12.6. The van der Waals surface area contributed by atoms with E-state index in [9.17, 15) is 4.79 Å². The molecule has 38 heavy (non-hydrogen) atoms. The van der Waals surface area contributed by atoms with E-state index in [1.165, 1.54) is 6.08 Å². The van der Waals surface area contributed by atoms with Crippen molar-refractivity contribution in [2.75, 3.05) is 5.32 Å². The van der Waals surface area contributed by atoms with E-state index >= 15 is 0 Å². The second-order valence-electron chi connectivity index (χ2n) is 7.93. The van der Waals surface area contributed by atoms with Gasteiger partial charge in [-0.15, -0.1) is 11.3 Å². The predicted molar refractivity (Wildman–Crippen MR) is 168 cm³/mol. The van der Waals surface area contributed by atoms with Crippen LogP contribution in [-0.4, -0.2) is 16.0 Å². The number of thiocarbonyl (C=S) groups is 1. The van der Waals surface area contributed by atoms with Crippen LogP contribution in [-0.2, 0) is 4.79 Å². The monoisotopic (exact) mass is 705 g/mol. The third-order valence-corrected chi connectivity index (χ3v) is 8.02. The van der Waals surface area contributed by atoms with Gasteiger partial charge >= 0.3 is 0 Å². The lowest BCUT2D eigenvalue weighted by Crippen LogP contribution is -2.33. The van der Waals surface area contributed by atoms with E-state index in [1.54, 1.807) is 47.7 Å². The van der Waals surface area contributed by atoms with Crippen LogP contribution in [0.25, 0.3) is 38.2 Å². The molecule has 0 saturated carbocycles. The molecule has 2 aromatic heterocycles. The Morgan fingerprint density at radius 1 is 1.03 bits per heavy atom. The third kappa shape index (κ3) is 6.36. The zero-order valence-electron chi connectivity index (χ0n) is 19.1. The number of carbonyl (C=O) groups is 1. The predicted octanol–water partition coefficient (Wildman–Crippen LogP) is 9.58. The number of carbonyl (C=O) groups excluding carboxylic acids is 1. The van der Waals surface area contributed by atoms with Gasteiger partial charge in [0.15, 0.2) is 5.11 Å².